The van der Waals surface area contributed by atoms with Gasteiger partial charge in [-0.1, -0.05) is 0 Å². The lowest BCUT2D eigenvalue weighted by atomic mass is 9.84. The molecule has 1 saturated carbocycles. The SMILES string of the molecule is CC(C)(C)OC(=O)N1C[C@@H]2CC1CN2c1ccc(C(=O)N2CC3CCC(CC3)C2)cc1. The zero-order valence-electron chi connectivity index (χ0n) is 19.0. The van der Waals surface area contributed by atoms with Gasteiger partial charge in [0, 0.05) is 43.5 Å². The van der Waals surface area contributed by atoms with Crippen LogP contribution in [0.4, 0.5) is 10.5 Å². The normalized spacial score (nSPS) is 30.0. The third-order valence-electron chi connectivity index (χ3n) is 7.53. The molecule has 2 atom stereocenters. The number of fused-ring (bicyclic) bond motifs is 6. The minimum absolute atomic E-state index is 0.185. The number of carbonyl (C=O) groups excluding carboxylic acids is 2. The van der Waals surface area contributed by atoms with Crippen LogP contribution in [-0.2, 0) is 4.74 Å². The van der Waals surface area contributed by atoms with E-state index in [-0.39, 0.29) is 18.0 Å². The van der Waals surface area contributed by atoms with Crippen LogP contribution >= 0.6 is 0 Å². The summed E-state index contributed by atoms with van der Waals surface area (Å²) in [6.45, 7) is 9.10. The molecule has 5 fully saturated rings. The summed E-state index contributed by atoms with van der Waals surface area (Å²) in [5.74, 6) is 1.56. The number of hydrogen-bond acceptors (Lipinski definition) is 4. The van der Waals surface area contributed by atoms with Crippen molar-refractivity contribution in [3.8, 4) is 0 Å². The van der Waals surface area contributed by atoms with Crippen molar-refractivity contribution in [2.24, 2.45) is 11.8 Å². The maximum Gasteiger partial charge on any atom is 0.410 e. The van der Waals surface area contributed by atoms with Crippen molar-refractivity contribution >= 4 is 17.7 Å². The van der Waals surface area contributed by atoms with Crippen LogP contribution < -0.4 is 4.90 Å². The first-order chi connectivity index (χ1) is 14.8. The number of piperazine rings is 1. The Kier molecular flexibility index (Phi) is 5.14. The van der Waals surface area contributed by atoms with Gasteiger partial charge >= 0.3 is 6.09 Å². The van der Waals surface area contributed by atoms with Crippen LogP contribution in [0.5, 0.6) is 0 Å². The molecule has 1 aromatic rings. The Morgan fingerprint density at radius 1 is 0.871 bits per heavy atom. The summed E-state index contributed by atoms with van der Waals surface area (Å²) >= 11 is 0. The number of benzene rings is 1. The van der Waals surface area contributed by atoms with Crippen LogP contribution in [0.2, 0.25) is 0 Å². The summed E-state index contributed by atoms with van der Waals surface area (Å²) in [5.41, 5.74) is 1.47. The molecule has 6 nitrogen and oxygen atoms in total. The first kappa shape index (κ1) is 20.7. The summed E-state index contributed by atoms with van der Waals surface area (Å²) in [7, 11) is 0. The molecule has 6 rings (SSSR count). The smallest absolute Gasteiger partial charge is 0.410 e. The second-order valence-electron chi connectivity index (χ2n) is 11.0. The zero-order valence-corrected chi connectivity index (χ0v) is 19.0. The first-order valence-corrected chi connectivity index (χ1v) is 11.9. The molecule has 2 amide bonds. The first-order valence-electron chi connectivity index (χ1n) is 11.9. The number of nitrogens with zero attached hydrogens (tertiary/aromatic N) is 3. The molecule has 1 aromatic carbocycles. The number of rotatable bonds is 2. The highest BCUT2D eigenvalue weighted by Gasteiger charge is 2.46. The number of amides is 2. The van der Waals surface area contributed by atoms with Gasteiger partial charge in [0.15, 0.2) is 0 Å². The molecule has 1 unspecified atom stereocenters. The van der Waals surface area contributed by atoms with Crippen LogP contribution in [-0.4, -0.2) is 65.7 Å². The van der Waals surface area contributed by atoms with Gasteiger partial charge in [0.25, 0.3) is 5.91 Å². The summed E-state index contributed by atoms with van der Waals surface area (Å²) in [5, 5.41) is 0. The Labute approximate surface area is 185 Å². The number of ether oxygens (including phenoxy) is 1. The van der Waals surface area contributed by atoms with E-state index in [1.54, 1.807) is 0 Å². The highest BCUT2D eigenvalue weighted by molar-refractivity contribution is 5.94. The van der Waals surface area contributed by atoms with Gasteiger partial charge in [0.05, 0.1) is 6.04 Å². The topological polar surface area (TPSA) is 53.1 Å². The number of hydrogen-bond donors (Lipinski definition) is 0. The van der Waals surface area contributed by atoms with Gasteiger partial charge in [-0.2, -0.15) is 0 Å². The molecule has 0 N–H and O–H groups in total. The highest BCUT2D eigenvalue weighted by Crippen LogP contribution is 2.36. The van der Waals surface area contributed by atoms with E-state index in [0.29, 0.717) is 24.4 Å². The molecule has 0 radical (unpaired) electrons. The Hall–Kier alpha value is -2.24. The van der Waals surface area contributed by atoms with Crippen molar-refractivity contribution in [2.75, 3.05) is 31.1 Å². The standard InChI is InChI=1S/C25H35N3O3/c1-25(2,3)31-24(30)28-16-21-12-22(28)15-27(21)20-10-8-19(9-11-20)23(29)26-13-17-4-5-18(14-26)7-6-17/h8-11,17-18,21-22H,4-7,12-16H2,1-3H3/t17?,18?,21-,22?/m0/s1. The lowest BCUT2D eigenvalue weighted by Gasteiger charge is -2.36. The van der Waals surface area contributed by atoms with E-state index in [4.69, 9.17) is 4.74 Å². The van der Waals surface area contributed by atoms with E-state index in [1.165, 1.54) is 25.7 Å². The van der Waals surface area contributed by atoms with E-state index in [9.17, 15) is 9.59 Å². The monoisotopic (exact) mass is 425 g/mol. The van der Waals surface area contributed by atoms with E-state index in [0.717, 1.165) is 37.3 Å². The van der Waals surface area contributed by atoms with E-state index in [2.05, 4.69) is 21.9 Å². The zero-order chi connectivity index (χ0) is 21.8. The third kappa shape index (κ3) is 4.13. The van der Waals surface area contributed by atoms with Crippen LogP contribution in [0.25, 0.3) is 0 Å². The quantitative estimate of drug-likeness (QED) is 0.714. The fourth-order valence-electron chi connectivity index (χ4n) is 5.97. The van der Waals surface area contributed by atoms with Gasteiger partial charge in [-0.15, -0.1) is 0 Å². The maximum absolute atomic E-state index is 13.1. The Balaban J connectivity index is 1.22. The Bertz CT molecular complexity index is 825. The van der Waals surface area contributed by atoms with Crippen LogP contribution in [0.15, 0.2) is 24.3 Å². The van der Waals surface area contributed by atoms with Crippen molar-refractivity contribution in [3.05, 3.63) is 29.8 Å². The van der Waals surface area contributed by atoms with Crippen LogP contribution in [0.3, 0.4) is 0 Å². The van der Waals surface area contributed by atoms with E-state index >= 15 is 0 Å². The minimum atomic E-state index is -0.464. The van der Waals surface area contributed by atoms with Crippen molar-refractivity contribution in [1.29, 1.82) is 0 Å². The van der Waals surface area contributed by atoms with Crippen molar-refractivity contribution in [3.63, 3.8) is 0 Å². The Morgan fingerprint density at radius 3 is 2.00 bits per heavy atom. The molecule has 5 aliphatic rings. The molecular weight excluding hydrogens is 390 g/mol. The molecule has 4 heterocycles. The average Bonchev–Trinajstić information content (AvgIpc) is 3.21. The largest absolute Gasteiger partial charge is 0.444 e. The van der Waals surface area contributed by atoms with Crippen molar-refractivity contribution in [2.45, 2.75) is 70.6 Å². The number of carbonyl (C=O) groups is 2. The van der Waals surface area contributed by atoms with Gasteiger partial charge in [0.2, 0.25) is 0 Å². The molecule has 1 aliphatic carbocycles. The maximum atomic E-state index is 13.1. The molecule has 4 aliphatic heterocycles. The lowest BCUT2D eigenvalue weighted by Crippen LogP contribution is -2.50. The predicted molar refractivity (Wildman–Crippen MR) is 120 cm³/mol. The van der Waals surface area contributed by atoms with Crippen LogP contribution in [0, 0.1) is 11.8 Å². The van der Waals surface area contributed by atoms with Gasteiger partial charge in [-0.3, -0.25) is 4.79 Å². The fourth-order valence-corrected chi connectivity index (χ4v) is 5.97. The summed E-state index contributed by atoms with van der Waals surface area (Å²) in [6, 6.07) is 8.66. The minimum Gasteiger partial charge on any atom is -0.444 e. The highest BCUT2D eigenvalue weighted by atomic mass is 16.6. The second-order valence-corrected chi connectivity index (χ2v) is 11.0. The van der Waals surface area contributed by atoms with E-state index < -0.39 is 5.60 Å². The molecule has 6 heteroatoms. The van der Waals surface area contributed by atoms with Gasteiger partial charge in [0.1, 0.15) is 5.60 Å². The molecule has 4 saturated heterocycles. The van der Waals surface area contributed by atoms with Gasteiger partial charge in [-0.25, -0.2) is 4.79 Å². The summed E-state index contributed by atoms with van der Waals surface area (Å²) in [4.78, 5) is 32.0. The Morgan fingerprint density at radius 2 is 1.48 bits per heavy atom. The molecule has 31 heavy (non-hydrogen) atoms. The summed E-state index contributed by atoms with van der Waals surface area (Å²) < 4.78 is 5.57. The van der Waals surface area contributed by atoms with Crippen molar-refractivity contribution in [1.82, 2.24) is 9.80 Å². The molecular formula is C25H35N3O3. The van der Waals surface area contributed by atoms with Gasteiger partial charge in [-0.05, 0) is 89.0 Å². The third-order valence-corrected chi connectivity index (χ3v) is 7.53. The van der Waals surface area contributed by atoms with Crippen LogP contribution in [0.1, 0.15) is 63.2 Å². The molecule has 168 valence electrons. The number of likely N-dealkylation sites (tertiary alicyclic amines) is 1. The molecule has 4 bridgehead atoms. The van der Waals surface area contributed by atoms with E-state index in [1.807, 2.05) is 37.8 Å². The number of anilines is 1. The molecule has 0 aromatic heterocycles. The lowest BCUT2D eigenvalue weighted by molar-refractivity contribution is 0.0214. The van der Waals surface area contributed by atoms with Crippen molar-refractivity contribution < 1.29 is 14.3 Å². The summed E-state index contributed by atoms with van der Waals surface area (Å²) in [6.07, 6.45) is 5.91. The second kappa shape index (κ2) is 7.72. The van der Waals surface area contributed by atoms with Gasteiger partial charge < -0.3 is 19.4 Å². The molecule has 0 spiro atoms. The average molecular weight is 426 g/mol. The fraction of sp³-hybridized carbons (Fsp3) is 0.680. The predicted octanol–water partition coefficient (Wildman–Crippen LogP) is 4.15.